The molecule has 0 radical (unpaired) electrons. The summed E-state index contributed by atoms with van der Waals surface area (Å²) in [6, 6.07) is 6.76. The van der Waals surface area contributed by atoms with E-state index in [4.69, 9.17) is 0 Å². The molecule has 5 aromatic rings. The predicted octanol–water partition coefficient (Wildman–Crippen LogP) is 2.86. The lowest BCUT2D eigenvalue weighted by atomic mass is 10.1. The van der Waals surface area contributed by atoms with Crippen molar-refractivity contribution in [3.05, 3.63) is 66.0 Å². The summed E-state index contributed by atoms with van der Waals surface area (Å²) >= 11 is 0. The van der Waals surface area contributed by atoms with Gasteiger partial charge in [0, 0.05) is 34.8 Å². The molecule has 0 saturated heterocycles. The van der Waals surface area contributed by atoms with Crippen molar-refractivity contribution in [1.82, 2.24) is 39.6 Å². The van der Waals surface area contributed by atoms with Crippen molar-refractivity contribution in [3.8, 4) is 22.5 Å². The molecule has 0 aliphatic heterocycles. The van der Waals surface area contributed by atoms with Crippen molar-refractivity contribution >= 4 is 17.1 Å². The lowest BCUT2D eigenvalue weighted by Crippen LogP contribution is -2.26. The van der Waals surface area contributed by atoms with Crippen LogP contribution in [0.4, 0.5) is 10.1 Å². The van der Waals surface area contributed by atoms with Gasteiger partial charge in [0.25, 0.3) is 5.91 Å². The Kier molecular flexibility index (Phi) is 5.59. The summed E-state index contributed by atoms with van der Waals surface area (Å²) in [6.07, 6.45) is 6.27. The Balaban J connectivity index is 1.43. The SMILES string of the molecule is Cc1ccc(-c2nnn(C)n2)cc1NC(=O)c1cnn2cc(-c3cnn(CC(C)(C)O)c3)cc(F)c12. The van der Waals surface area contributed by atoms with Gasteiger partial charge in [-0.15, -0.1) is 10.2 Å². The van der Waals surface area contributed by atoms with Crippen LogP contribution in [0.1, 0.15) is 29.8 Å². The first-order chi connectivity index (χ1) is 17.1. The van der Waals surface area contributed by atoms with Gasteiger partial charge in [-0.3, -0.25) is 9.48 Å². The minimum Gasteiger partial charge on any atom is -0.389 e. The molecule has 1 aromatic carbocycles. The van der Waals surface area contributed by atoms with E-state index < -0.39 is 17.3 Å². The maximum absolute atomic E-state index is 15.2. The fraction of sp³-hybridized carbons (Fsp3) is 0.250. The molecule has 0 bridgehead atoms. The lowest BCUT2D eigenvalue weighted by molar-refractivity contribution is 0.0577. The van der Waals surface area contributed by atoms with Gasteiger partial charge in [0.1, 0.15) is 11.3 Å². The first kappa shape index (κ1) is 23.3. The summed E-state index contributed by atoms with van der Waals surface area (Å²) in [5, 5.41) is 33.3. The van der Waals surface area contributed by atoms with Crippen molar-refractivity contribution < 1.29 is 14.3 Å². The number of nitrogens with zero attached hydrogens (tertiary/aromatic N) is 8. The summed E-state index contributed by atoms with van der Waals surface area (Å²) < 4.78 is 18.2. The molecule has 0 aliphatic carbocycles. The first-order valence-electron chi connectivity index (χ1n) is 11.2. The Morgan fingerprint density at radius 1 is 1.11 bits per heavy atom. The van der Waals surface area contributed by atoms with Gasteiger partial charge in [-0.1, -0.05) is 12.1 Å². The van der Waals surface area contributed by atoms with E-state index >= 15 is 4.39 Å². The van der Waals surface area contributed by atoms with Crippen LogP contribution < -0.4 is 5.32 Å². The van der Waals surface area contributed by atoms with Crippen LogP contribution >= 0.6 is 0 Å². The zero-order valence-corrected chi connectivity index (χ0v) is 20.1. The molecule has 0 fully saturated rings. The molecule has 4 heterocycles. The topological polar surface area (TPSA) is 128 Å². The highest BCUT2D eigenvalue weighted by Crippen LogP contribution is 2.27. The van der Waals surface area contributed by atoms with E-state index in [1.54, 1.807) is 50.2 Å². The van der Waals surface area contributed by atoms with Crippen molar-refractivity contribution in [2.45, 2.75) is 32.9 Å². The van der Waals surface area contributed by atoms with Gasteiger partial charge in [0.05, 0.1) is 37.2 Å². The number of anilines is 1. The summed E-state index contributed by atoms with van der Waals surface area (Å²) in [4.78, 5) is 14.5. The quantitative estimate of drug-likeness (QED) is 0.375. The minimum absolute atomic E-state index is 0.0598. The van der Waals surface area contributed by atoms with Crippen LogP contribution in [0, 0.1) is 12.7 Å². The van der Waals surface area contributed by atoms with Crippen molar-refractivity contribution in [2.75, 3.05) is 5.32 Å². The number of hydrogen-bond acceptors (Lipinski definition) is 7. The smallest absolute Gasteiger partial charge is 0.259 e. The number of carbonyl (C=O) groups excluding carboxylic acids is 1. The van der Waals surface area contributed by atoms with E-state index in [0.717, 1.165) is 5.56 Å². The summed E-state index contributed by atoms with van der Waals surface area (Å²) in [7, 11) is 1.67. The molecule has 1 amide bonds. The second kappa shape index (κ2) is 8.64. The molecule has 12 heteroatoms. The van der Waals surface area contributed by atoms with E-state index in [1.807, 2.05) is 19.1 Å². The van der Waals surface area contributed by atoms with Gasteiger partial charge in [-0.25, -0.2) is 8.91 Å². The van der Waals surface area contributed by atoms with Gasteiger partial charge < -0.3 is 10.4 Å². The number of rotatable bonds is 6. The van der Waals surface area contributed by atoms with Crippen molar-refractivity contribution in [3.63, 3.8) is 0 Å². The van der Waals surface area contributed by atoms with E-state index in [2.05, 4.69) is 30.9 Å². The van der Waals surface area contributed by atoms with E-state index in [1.165, 1.54) is 21.6 Å². The first-order valence-corrected chi connectivity index (χ1v) is 11.2. The third-order valence-electron chi connectivity index (χ3n) is 5.58. The number of benzene rings is 1. The molecular weight excluding hydrogens is 465 g/mol. The largest absolute Gasteiger partial charge is 0.389 e. The van der Waals surface area contributed by atoms with E-state index in [9.17, 15) is 9.90 Å². The molecule has 0 atom stereocenters. The lowest BCUT2D eigenvalue weighted by Gasteiger charge is -2.16. The maximum atomic E-state index is 15.2. The number of hydrogen-bond donors (Lipinski definition) is 2. The zero-order chi connectivity index (χ0) is 25.6. The Hall–Kier alpha value is -4.45. The molecule has 5 rings (SSSR count). The maximum Gasteiger partial charge on any atom is 0.259 e. The Bertz CT molecular complexity index is 1590. The number of nitrogens with one attached hydrogen (secondary N) is 1. The molecule has 4 aromatic heterocycles. The van der Waals surface area contributed by atoms with Crippen molar-refractivity contribution in [1.29, 1.82) is 0 Å². The van der Waals surface area contributed by atoms with Crippen LogP contribution in [-0.2, 0) is 13.6 Å². The van der Waals surface area contributed by atoms with Crippen molar-refractivity contribution in [2.24, 2.45) is 7.05 Å². The Morgan fingerprint density at radius 3 is 2.64 bits per heavy atom. The minimum atomic E-state index is -0.939. The van der Waals surface area contributed by atoms with Crippen LogP contribution in [0.25, 0.3) is 28.0 Å². The molecule has 0 unspecified atom stereocenters. The molecule has 0 saturated carbocycles. The normalized spacial score (nSPS) is 11.8. The van der Waals surface area contributed by atoms with E-state index in [-0.39, 0.29) is 17.6 Å². The van der Waals surface area contributed by atoms with Gasteiger partial charge in [0.15, 0.2) is 0 Å². The van der Waals surface area contributed by atoms with Crippen LogP contribution in [0.5, 0.6) is 0 Å². The van der Waals surface area contributed by atoms with E-state index in [0.29, 0.717) is 28.2 Å². The molecular formula is C24H24FN9O2. The molecule has 0 spiro atoms. The molecule has 36 heavy (non-hydrogen) atoms. The monoisotopic (exact) mass is 489 g/mol. The highest BCUT2D eigenvalue weighted by molar-refractivity contribution is 6.09. The fourth-order valence-electron chi connectivity index (χ4n) is 3.88. The number of aryl methyl sites for hydroxylation is 2. The number of tetrazole rings is 1. The fourth-order valence-corrected chi connectivity index (χ4v) is 3.88. The highest BCUT2D eigenvalue weighted by Gasteiger charge is 2.20. The van der Waals surface area contributed by atoms with Crippen LogP contribution in [0.2, 0.25) is 0 Å². The molecule has 0 aliphatic rings. The van der Waals surface area contributed by atoms with Crippen LogP contribution in [-0.4, -0.2) is 56.2 Å². The summed E-state index contributed by atoms with van der Waals surface area (Å²) in [6.45, 7) is 5.50. The second-order valence-electron chi connectivity index (χ2n) is 9.25. The second-order valence-corrected chi connectivity index (χ2v) is 9.25. The Labute approximate surface area is 205 Å². The van der Waals surface area contributed by atoms with Crippen LogP contribution in [0.15, 0.2) is 49.1 Å². The number of aliphatic hydroxyl groups is 1. The molecule has 2 N–H and O–H groups in total. The molecule has 184 valence electrons. The highest BCUT2D eigenvalue weighted by atomic mass is 19.1. The van der Waals surface area contributed by atoms with Gasteiger partial charge in [0.2, 0.25) is 5.82 Å². The van der Waals surface area contributed by atoms with Gasteiger partial charge in [-0.2, -0.15) is 15.0 Å². The van der Waals surface area contributed by atoms with Gasteiger partial charge in [-0.05, 0) is 43.7 Å². The number of halogens is 1. The third-order valence-corrected chi connectivity index (χ3v) is 5.58. The van der Waals surface area contributed by atoms with Gasteiger partial charge >= 0.3 is 0 Å². The predicted molar refractivity (Wildman–Crippen MR) is 130 cm³/mol. The number of fused-ring (bicyclic) bond motifs is 1. The number of carbonyl (C=O) groups is 1. The Morgan fingerprint density at radius 2 is 1.92 bits per heavy atom. The number of amides is 1. The number of aromatic nitrogens is 8. The van der Waals surface area contributed by atoms with Crippen LogP contribution in [0.3, 0.4) is 0 Å². The number of pyridine rings is 1. The average Bonchev–Trinajstić information content (AvgIpc) is 3.54. The standard InChI is InChI=1S/C24H24FN9O2/c1-14-5-6-15(22-29-31-32(4)30-22)8-20(14)28-23(35)18-10-27-34-12-16(7-19(25)21(18)34)17-9-26-33(11-17)13-24(2,3)36/h5-12,36H,13H2,1-4H3,(H,28,35). The molecule has 11 nitrogen and oxygen atoms in total. The third kappa shape index (κ3) is 4.58. The summed E-state index contributed by atoms with van der Waals surface area (Å²) in [5.41, 5.74) is 2.46. The average molecular weight is 490 g/mol. The zero-order valence-electron chi connectivity index (χ0n) is 20.1. The summed E-state index contributed by atoms with van der Waals surface area (Å²) in [5.74, 6) is -0.671.